The number of aromatic nitrogens is 3. The number of ether oxygens (including phenoxy) is 1. The molecule has 0 aliphatic heterocycles. The van der Waals surface area contributed by atoms with Crippen LogP contribution < -0.4 is 10.1 Å². The van der Waals surface area contributed by atoms with Gasteiger partial charge in [0.15, 0.2) is 17.1 Å². The van der Waals surface area contributed by atoms with Gasteiger partial charge in [-0.05, 0) is 55.8 Å². The van der Waals surface area contributed by atoms with Crippen LogP contribution in [-0.2, 0) is 11.3 Å². The highest BCUT2D eigenvalue weighted by Crippen LogP contribution is 2.29. The van der Waals surface area contributed by atoms with Crippen LogP contribution in [0.3, 0.4) is 0 Å². The van der Waals surface area contributed by atoms with Gasteiger partial charge in [0.25, 0.3) is 0 Å². The van der Waals surface area contributed by atoms with E-state index in [9.17, 15) is 4.79 Å². The molecule has 0 bridgehead atoms. The number of hydrogen-bond acceptors (Lipinski definition) is 5. The van der Waals surface area contributed by atoms with Gasteiger partial charge in [-0.3, -0.25) is 9.36 Å². The Balaban J connectivity index is 1.69. The Kier molecular flexibility index (Phi) is 8.64. The maximum Gasteiger partial charge on any atom is 0.234 e. The van der Waals surface area contributed by atoms with Crippen molar-refractivity contribution in [2.45, 2.75) is 31.7 Å². The molecule has 0 aliphatic rings. The molecule has 0 saturated carbocycles. The van der Waals surface area contributed by atoms with E-state index in [2.05, 4.69) is 38.0 Å². The Morgan fingerprint density at radius 2 is 2.09 bits per heavy atom. The van der Waals surface area contributed by atoms with E-state index in [-0.39, 0.29) is 17.8 Å². The van der Waals surface area contributed by atoms with Gasteiger partial charge in [0.05, 0.1) is 16.5 Å². The molecule has 1 heterocycles. The van der Waals surface area contributed by atoms with E-state index in [0.717, 1.165) is 15.8 Å². The van der Waals surface area contributed by atoms with Crippen molar-refractivity contribution in [3.05, 3.63) is 75.0 Å². The summed E-state index contributed by atoms with van der Waals surface area (Å²) >= 11 is 16.8. The van der Waals surface area contributed by atoms with Crippen molar-refractivity contribution < 1.29 is 9.53 Å². The number of rotatable bonds is 9. The van der Waals surface area contributed by atoms with Crippen molar-refractivity contribution in [1.82, 2.24) is 14.8 Å². The first-order valence-electron chi connectivity index (χ1n) is 9.63. The largest absolute Gasteiger partial charge is 0.482 e. The molecule has 1 unspecified atom stereocenters. The summed E-state index contributed by atoms with van der Waals surface area (Å²) in [5.74, 6) is 1.30. The van der Waals surface area contributed by atoms with Crippen LogP contribution in [0.1, 0.15) is 24.4 Å². The number of halogens is 3. The molecule has 0 radical (unpaired) electrons. The third-order valence-corrected chi connectivity index (χ3v) is 6.41. The molecular weight excluding hydrogens is 535 g/mol. The number of carbonyl (C=O) groups excluding carboxylic acids is 1. The number of thioether (sulfide) groups is 1. The van der Waals surface area contributed by atoms with Crippen LogP contribution in [0.5, 0.6) is 5.75 Å². The summed E-state index contributed by atoms with van der Waals surface area (Å²) in [6.07, 6.45) is 1.38. The predicted octanol–water partition coefficient (Wildman–Crippen LogP) is 6.71. The normalized spacial score (nSPS) is 11.8. The van der Waals surface area contributed by atoms with E-state index in [4.69, 9.17) is 27.9 Å². The summed E-state index contributed by atoms with van der Waals surface area (Å²) in [5.41, 5.74) is 1.48. The monoisotopic (exact) mass is 554 g/mol. The van der Waals surface area contributed by atoms with Crippen molar-refractivity contribution in [3.8, 4) is 5.75 Å². The number of allylic oxidation sites excluding steroid dienone is 1. The molecule has 1 N–H and O–H groups in total. The van der Waals surface area contributed by atoms with Crippen LogP contribution in [-0.4, -0.2) is 26.4 Å². The maximum atomic E-state index is 12.4. The van der Waals surface area contributed by atoms with Crippen molar-refractivity contribution in [2.75, 3.05) is 11.1 Å². The first-order valence-corrected chi connectivity index (χ1v) is 12.2. The van der Waals surface area contributed by atoms with Gasteiger partial charge >= 0.3 is 0 Å². The van der Waals surface area contributed by atoms with Crippen LogP contribution in [0.25, 0.3) is 0 Å². The van der Waals surface area contributed by atoms with Crippen molar-refractivity contribution in [3.63, 3.8) is 0 Å². The minimum atomic E-state index is -0.368. The van der Waals surface area contributed by atoms with Crippen LogP contribution in [0.15, 0.2) is 58.7 Å². The molecule has 0 aliphatic carbocycles. The summed E-state index contributed by atoms with van der Waals surface area (Å²) in [7, 11) is 0. The smallest absolute Gasteiger partial charge is 0.234 e. The fourth-order valence-electron chi connectivity index (χ4n) is 2.90. The van der Waals surface area contributed by atoms with Gasteiger partial charge in [0, 0.05) is 16.0 Å². The molecule has 2 aromatic carbocycles. The van der Waals surface area contributed by atoms with Crippen molar-refractivity contribution >= 4 is 62.5 Å². The third kappa shape index (κ3) is 6.28. The molecule has 3 rings (SSSR count). The highest BCUT2D eigenvalue weighted by molar-refractivity contribution is 9.10. The Bertz CT molecular complexity index is 1140. The van der Waals surface area contributed by atoms with E-state index in [0.29, 0.717) is 33.3 Å². The van der Waals surface area contributed by atoms with Gasteiger partial charge in [-0.15, -0.1) is 16.8 Å². The molecule has 168 valence electrons. The lowest BCUT2D eigenvalue weighted by Gasteiger charge is -2.17. The molecule has 0 fully saturated rings. The highest BCUT2D eigenvalue weighted by Gasteiger charge is 2.20. The Hall–Kier alpha value is -2.00. The molecule has 0 spiro atoms. The lowest BCUT2D eigenvalue weighted by Crippen LogP contribution is -2.16. The average molecular weight is 556 g/mol. The molecule has 3 aromatic rings. The maximum absolute atomic E-state index is 12.4. The zero-order valence-corrected chi connectivity index (χ0v) is 21.4. The summed E-state index contributed by atoms with van der Waals surface area (Å²) in [6.45, 7) is 8.13. The van der Waals surface area contributed by atoms with Gasteiger partial charge in [-0.1, -0.05) is 57.0 Å². The summed E-state index contributed by atoms with van der Waals surface area (Å²) in [5, 5.41) is 13.1. The fourth-order valence-corrected chi connectivity index (χ4v) is 4.61. The fraction of sp³-hybridized carbons (Fsp3) is 0.227. The predicted molar refractivity (Wildman–Crippen MR) is 134 cm³/mol. The first kappa shape index (κ1) is 24.6. The van der Waals surface area contributed by atoms with E-state index < -0.39 is 0 Å². The number of carbonyl (C=O) groups is 1. The van der Waals surface area contributed by atoms with Gasteiger partial charge < -0.3 is 10.1 Å². The molecule has 1 atom stereocenters. The second-order valence-electron chi connectivity index (χ2n) is 6.87. The van der Waals surface area contributed by atoms with Gasteiger partial charge in [-0.2, -0.15) is 0 Å². The zero-order chi connectivity index (χ0) is 23.3. The second-order valence-corrected chi connectivity index (χ2v) is 9.57. The Labute approximate surface area is 209 Å². The molecule has 0 saturated heterocycles. The number of anilines is 1. The average Bonchev–Trinajstić information content (AvgIpc) is 3.13. The molecule has 6 nitrogen and oxygen atoms in total. The third-order valence-electron chi connectivity index (χ3n) is 4.40. The lowest BCUT2D eigenvalue weighted by molar-refractivity contribution is -0.113. The number of hydrogen-bond donors (Lipinski definition) is 1. The Morgan fingerprint density at radius 1 is 1.31 bits per heavy atom. The first-order chi connectivity index (χ1) is 15.3. The van der Waals surface area contributed by atoms with Crippen LogP contribution in [0.2, 0.25) is 10.0 Å². The minimum absolute atomic E-state index is 0.146. The number of nitrogens with one attached hydrogen (secondary N) is 1. The number of amides is 1. The lowest BCUT2D eigenvalue weighted by atomic mass is 10.2. The Morgan fingerprint density at radius 3 is 2.78 bits per heavy atom. The summed E-state index contributed by atoms with van der Waals surface area (Å²) < 4.78 is 8.81. The van der Waals surface area contributed by atoms with Crippen molar-refractivity contribution in [1.29, 1.82) is 0 Å². The summed E-state index contributed by atoms with van der Waals surface area (Å²) in [4.78, 5) is 12.4. The number of aryl methyl sites for hydroxylation is 1. The zero-order valence-electron chi connectivity index (χ0n) is 17.4. The second kappa shape index (κ2) is 11.2. The molecular formula is C22H21BrCl2N4O2S. The van der Waals surface area contributed by atoms with E-state index in [1.54, 1.807) is 24.3 Å². The van der Waals surface area contributed by atoms with Crippen LogP contribution in [0.4, 0.5) is 5.69 Å². The van der Waals surface area contributed by atoms with Crippen molar-refractivity contribution in [2.24, 2.45) is 0 Å². The standard InChI is InChI=1S/C22H21BrCl2N4O2S/c1-4-9-29-21(14(3)31-19-8-6-16(24)10-13(19)2)27-28-22(29)32-12-20(30)26-18-7-5-15(23)11-17(18)25/h4-8,10-11,14H,1,9,12H2,2-3H3,(H,26,30). The molecule has 1 aromatic heterocycles. The highest BCUT2D eigenvalue weighted by atomic mass is 79.9. The molecule has 1 amide bonds. The van der Waals surface area contributed by atoms with Crippen LogP contribution in [0, 0.1) is 6.92 Å². The van der Waals surface area contributed by atoms with E-state index >= 15 is 0 Å². The molecule has 32 heavy (non-hydrogen) atoms. The SMILES string of the molecule is C=CCn1c(SCC(=O)Nc2ccc(Br)cc2Cl)nnc1C(C)Oc1ccc(Cl)cc1C. The van der Waals surface area contributed by atoms with E-state index in [1.165, 1.54) is 11.8 Å². The van der Waals surface area contributed by atoms with Gasteiger partial charge in [0.2, 0.25) is 5.91 Å². The van der Waals surface area contributed by atoms with Gasteiger partial charge in [0.1, 0.15) is 5.75 Å². The summed E-state index contributed by atoms with van der Waals surface area (Å²) in [6, 6.07) is 10.7. The van der Waals surface area contributed by atoms with Crippen LogP contribution >= 0.6 is 50.9 Å². The number of nitrogens with zero attached hydrogens (tertiary/aromatic N) is 3. The topological polar surface area (TPSA) is 69.0 Å². The quantitative estimate of drug-likeness (QED) is 0.234. The van der Waals surface area contributed by atoms with E-state index in [1.807, 2.05) is 36.6 Å². The van der Waals surface area contributed by atoms with Gasteiger partial charge in [-0.25, -0.2) is 0 Å². The minimum Gasteiger partial charge on any atom is -0.482 e. The molecule has 10 heteroatoms. The number of benzene rings is 2.